The van der Waals surface area contributed by atoms with E-state index >= 15 is 0 Å². The van der Waals surface area contributed by atoms with Gasteiger partial charge in [0, 0.05) is 28.9 Å². The Balaban J connectivity index is 2.71. The van der Waals surface area contributed by atoms with Gasteiger partial charge in [-0.15, -0.1) is 11.3 Å². The van der Waals surface area contributed by atoms with Gasteiger partial charge in [0.05, 0.1) is 10.7 Å². The van der Waals surface area contributed by atoms with Gasteiger partial charge in [0.2, 0.25) is 0 Å². The first-order valence-electron chi connectivity index (χ1n) is 8.15. The molecular weight excluding hydrogens is 278 g/mol. The number of aromatic nitrogens is 1. The topological polar surface area (TPSA) is 28.2 Å². The molecule has 0 radical (unpaired) electrons. The van der Waals surface area contributed by atoms with Crippen LogP contribution >= 0.6 is 11.3 Å². The third kappa shape index (κ3) is 5.35. The van der Waals surface area contributed by atoms with Gasteiger partial charge in [-0.25, -0.2) is 4.98 Å². The number of thiazole rings is 1. The van der Waals surface area contributed by atoms with Crippen LogP contribution in [-0.2, 0) is 5.41 Å². The molecule has 2 atom stereocenters. The Morgan fingerprint density at radius 3 is 2.19 bits per heavy atom. The molecule has 0 aliphatic heterocycles. The van der Waals surface area contributed by atoms with Crippen molar-refractivity contribution in [2.45, 2.75) is 72.9 Å². The first-order valence-corrected chi connectivity index (χ1v) is 8.96. The van der Waals surface area contributed by atoms with Crippen molar-refractivity contribution in [2.24, 2.45) is 0 Å². The monoisotopic (exact) mass is 311 g/mol. The average molecular weight is 312 g/mol. The van der Waals surface area contributed by atoms with E-state index in [1.54, 1.807) is 0 Å². The third-order valence-corrected chi connectivity index (χ3v) is 5.59. The molecule has 4 heteroatoms. The average Bonchev–Trinajstić information content (AvgIpc) is 2.78. The fourth-order valence-electron chi connectivity index (χ4n) is 2.56. The third-order valence-electron chi connectivity index (χ3n) is 3.83. The number of hydrogen-bond donors (Lipinski definition) is 1. The Hall–Kier alpha value is -0.450. The highest BCUT2D eigenvalue weighted by Gasteiger charge is 2.23. The van der Waals surface area contributed by atoms with Gasteiger partial charge >= 0.3 is 0 Å². The Kier molecular flexibility index (Phi) is 6.82. The van der Waals surface area contributed by atoms with Crippen molar-refractivity contribution in [1.82, 2.24) is 15.2 Å². The predicted molar refractivity (Wildman–Crippen MR) is 94.4 cm³/mol. The van der Waals surface area contributed by atoms with Crippen molar-refractivity contribution in [3.05, 3.63) is 15.6 Å². The maximum absolute atomic E-state index is 4.77. The molecule has 0 aliphatic carbocycles. The smallest absolute Gasteiger partial charge is 0.0985 e. The van der Waals surface area contributed by atoms with E-state index in [0.29, 0.717) is 12.1 Å². The molecule has 0 fully saturated rings. The summed E-state index contributed by atoms with van der Waals surface area (Å²) in [6, 6.07) is 0.851. The van der Waals surface area contributed by atoms with E-state index in [-0.39, 0.29) is 5.41 Å². The summed E-state index contributed by atoms with van der Waals surface area (Å²) in [5, 5.41) is 4.97. The zero-order valence-corrected chi connectivity index (χ0v) is 15.9. The minimum Gasteiger partial charge on any atom is -0.306 e. The van der Waals surface area contributed by atoms with Crippen LogP contribution in [-0.4, -0.2) is 35.6 Å². The Morgan fingerprint density at radius 2 is 1.76 bits per heavy atom. The summed E-state index contributed by atoms with van der Waals surface area (Å²) < 4.78 is 0. The lowest BCUT2D eigenvalue weighted by molar-refractivity contribution is 0.264. The van der Waals surface area contributed by atoms with Crippen molar-refractivity contribution in [2.75, 3.05) is 19.6 Å². The zero-order valence-electron chi connectivity index (χ0n) is 15.1. The van der Waals surface area contributed by atoms with E-state index in [0.717, 1.165) is 19.6 Å². The molecule has 1 aromatic rings. The lowest BCUT2D eigenvalue weighted by Gasteiger charge is -2.26. The Labute approximate surface area is 135 Å². The van der Waals surface area contributed by atoms with Crippen molar-refractivity contribution < 1.29 is 0 Å². The summed E-state index contributed by atoms with van der Waals surface area (Å²) >= 11 is 1.86. The molecule has 1 aromatic heterocycles. The summed E-state index contributed by atoms with van der Waals surface area (Å²) in [4.78, 5) is 8.62. The number of hydrogen-bond acceptors (Lipinski definition) is 4. The maximum atomic E-state index is 4.77. The maximum Gasteiger partial charge on any atom is 0.0985 e. The second kappa shape index (κ2) is 7.70. The number of nitrogens with one attached hydrogen (secondary N) is 1. The molecule has 1 heterocycles. The summed E-state index contributed by atoms with van der Waals surface area (Å²) in [6.45, 7) is 21.1. The van der Waals surface area contributed by atoms with Gasteiger partial charge in [-0.2, -0.15) is 0 Å². The van der Waals surface area contributed by atoms with Gasteiger partial charge in [0.1, 0.15) is 0 Å². The molecule has 122 valence electrons. The molecule has 1 N–H and O–H groups in total. The van der Waals surface area contributed by atoms with E-state index in [4.69, 9.17) is 4.98 Å². The largest absolute Gasteiger partial charge is 0.306 e. The van der Waals surface area contributed by atoms with Gasteiger partial charge < -0.3 is 10.2 Å². The standard InChI is InChI=1S/C17H33N3S/c1-9-20(10-2)11-12(3)18-13(4)15-14(5)19-16(21-15)17(6,7)8/h12-13,18H,9-11H2,1-8H3. The van der Waals surface area contributed by atoms with Crippen molar-refractivity contribution >= 4 is 11.3 Å². The summed E-state index contributed by atoms with van der Waals surface area (Å²) in [5.41, 5.74) is 1.32. The summed E-state index contributed by atoms with van der Waals surface area (Å²) in [7, 11) is 0. The first-order chi connectivity index (χ1) is 9.68. The first kappa shape index (κ1) is 18.6. The van der Waals surface area contributed by atoms with Crippen LogP contribution in [0.1, 0.15) is 70.1 Å². The SMILES string of the molecule is CCN(CC)CC(C)NC(C)c1sc(C(C)(C)C)nc1C. The van der Waals surface area contributed by atoms with Crippen LogP contribution in [0.4, 0.5) is 0 Å². The zero-order chi connectivity index (χ0) is 16.2. The van der Waals surface area contributed by atoms with Crippen molar-refractivity contribution in [3.63, 3.8) is 0 Å². The molecule has 0 aliphatic rings. The Bertz CT molecular complexity index is 430. The van der Waals surface area contributed by atoms with Crippen LogP contribution in [0, 0.1) is 6.92 Å². The van der Waals surface area contributed by atoms with Gasteiger partial charge in [-0.05, 0) is 33.9 Å². The van der Waals surface area contributed by atoms with Crippen LogP contribution in [0.5, 0.6) is 0 Å². The highest BCUT2D eigenvalue weighted by atomic mass is 32.1. The van der Waals surface area contributed by atoms with Crippen LogP contribution in [0.25, 0.3) is 0 Å². The van der Waals surface area contributed by atoms with Crippen molar-refractivity contribution in [1.29, 1.82) is 0 Å². The number of nitrogens with zero attached hydrogens (tertiary/aromatic N) is 2. The normalized spacial score (nSPS) is 15.5. The second-order valence-corrected chi connectivity index (χ2v) is 8.02. The number of aryl methyl sites for hydroxylation is 1. The molecule has 0 spiro atoms. The minimum atomic E-state index is 0.139. The van der Waals surface area contributed by atoms with Crippen LogP contribution < -0.4 is 5.32 Å². The van der Waals surface area contributed by atoms with Crippen LogP contribution in [0.2, 0.25) is 0 Å². The fourth-order valence-corrected chi connectivity index (χ4v) is 3.69. The lowest BCUT2D eigenvalue weighted by atomic mass is 9.98. The van der Waals surface area contributed by atoms with E-state index in [9.17, 15) is 0 Å². The van der Waals surface area contributed by atoms with E-state index in [2.05, 4.69) is 65.6 Å². The lowest BCUT2D eigenvalue weighted by Crippen LogP contribution is -2.40. The number of likely N-dealkylation sites (N-methyl/N-ethyl adjacent to an activating group) is 1. The predicted octanol–water partition coefficient (Wildman–Crippen LogP) is 4.13. The molecule has 1 rings (SSSR count). The minimum absolute atomic E-state index is 0.139. The van der Waals surface area contributed by atoms with Crippen molar-refractivity contribution in [3.8, 4) is 0 Å². The molecule has 0 saturated heterocycles. The highest BCUT2D eigenvalue weighted by molar-refractivity contribution is 7.12. The van der Waals surface area contributed by atoms with Gasteiger partial charge in [-0.3, -0.25) is 0 Å². The Morgan fingerprint density at radius 1 is 1.19 bits per heavy atom. The molecule has 2 unspecified atom stereocenters. The van der Waals surface area contributed by atoms with E-state index < -0.39 is 0 Å². The summed E-state index contributed by atoms with van der Waals surface area (Å²) in [5.74, 6) is 0. The second-order valence-electron chi connectivity index (χ2n) is 6.99. The molecule has 21 heavy (non-hydrogen) atoms. The van der Waals surface area contributed by atoms with Gasteiger partial charge in [0.15, 0.2) is 0 Å². The highest BCUT2D eigenvalue weighted by Crippen LogP contribution is 2.32. The summed E-state index contributed by atoms with van der Waals surface area (Å²) in [6.07, 6.45) is 0. The molecule has 3 nitrogen and oxygen atoms in total. The van der Waals surface area contributed by atoms with E-state index in [1.165, 1.54) is 15.6 Å². The van der Waals surface area contributed by atoms with Gasteiger partial charge in [-0.1, -0.05) is 34.6 Å². The fraction of sp³-hybridized carbons (Fsp3) is 0.824. The molecule has 0 amide bonds. The number of rotatable bonds is 7. The quantitative estimate of drug-likeness (QED) is 0.820. The molecule has 0 bridgehead atoms. The van der Waals surface area contributed by atoms with E-state index in [1.807, 2.05) is 11.3 Å². The molecular formula is C17H33N3S. The molecule has 0 saturated carbocycles. The van der Waals surface area contributed by atoms with Crippen LogP contribution in [0.3, 0.4) is 0 Å². The van der Waals surface area contributed by atoms with Crippen LogP contribution in [0.15, 0.2) is 0 Å². The molecule has 0 aromatic carbocycles. The van der Waals surface area contributed by atoms with Gasteiger partial charge in [0.25, 0.3) is 0 Å².